The zero-order valence-electron chi connectivity index (χ0n) is 15.2. The van der Waals surface area contributed by atoms with Gasteiger partial charge in [-0.1, -0.05) is 64.7 Å². The van der Waals surface area contributed by atoms with Crippen LogP contribution in [-0.4, -0.2) is 0 Å². The van der Waals surface area contributed by atoms with Crippen LogP contribution in [-0.2, 0) is 6.42 Å². The Morgan fingerprint density at radius 2 is 1.46 bits per heavy atom. The Kier molecular flexibility index (Phi) is 7.01. The summed E-state index contributed by atoms with van der Waals surface area (Å²) in [5.74, 6) is 3.89. The van der Waals surface area contributed by atoms with E-state index in [9.17, 15) is 0 Å². The van der Waals surface area contributed by atoms with E-state index >= 15 is 0 Å². The molecule has 0 aliphatic heterocycles. The van der Waals surface area contributed by atoms with Gasteiger partial charge in [-0.15, -0.1) is 0 Å². The van der Waals surface area contributed by atoms with Crippen molar-refractivity contribution in [2.75, 3.05) is 0 Å². The molecule has 2 saturated carbocycles. The van der Waals surface area contributed by atoms with Gasteiger partial charge in [0.25, 0.3) is 0 Å². The summed E-state index contributed by atoms with van der Waals surface area (Å²) in [6.07, 6.45) is 16.8. The molecule has 2 aliphatic rings. The monoisotopic (exact) mass is 388 g/mol. The average Bonchev–Trinajstić information content (AvgIpc) is 2.63. The van der Waals surface area contributed by atoms with Gasteiger partial charge in [0.05, 0.1) is 0 Å². The number of hydrogen-bond donors (Lipinski definition) is 0. The Hall–Kier alpha value is -0.560. The molecule has 0 unspecified atom stereocenters. The first-order valence-corrected chi connectivity index (χ1v) is 11.0. The molecular formula is C23H33Br. The molecule has 0 aromatic heterocycles. The molecule has 2 fully saturated rings. The lowest BCUT2D eigenvalue weighted by Crippen LogP contribution is -2.25. The molecule has 0 amide bonds. The third-order valence-corrected chi connectivity index (χ3v) is 6.99. The summed E-state index contributed by atoms with van der Waals surface area (Å²) >= 11 is 3.44. The maximum atomic E-state index is 3.44. The third kappa shape index (κ3) is 5.22. The maximum absolute atomic E-state index is 3.44. The molecule has 0 bridgehead atoms. The van der Waals surface area contributed by atoms with Gasteiger partial charge >= 0.3 is 0 Å². The first kappa shape index (κ1) is 18.2. The number of hydrogen-bond acceptors (Lipinski definition) is 0. The lowest BCUT2D eigenvalue weighted by molar-refractivity contribution is 0.153. The van der Waals surface area contributed by atoms with Gasteiger partial charge in [-0.05, 0) is 92.5 Å². The molecule has 2 aliphatic carbocycles. The van der Waals surface area contributed by atoms with E-state index in [-0.39, 0.29) is 0 Å². The Morgan fingerprint density at radius 3 is 2.04 bits per heavy atom. The Bertz CT molecular complexity index is 499. The van der Waals surface area contributed by atoms with Crippen LogP contribution in [0.5, 0.6) is 0 Å². The topological polar surface area (TPSA) is 0 Å². The van der Waals surface area contributed by atoms with Crippen LogP contribution >= 0.6 is 15.9 Å². The summed E-state index contributed by atoms with van der Waals surface area (Å²) in [5.41, 5.74) is 2.90. The van der Waals surface area contributed by atoms with E-state index in [1.807, 2.05) is 0 Å². The molecule has 0 nitrogen and oxygen atoms in total. The summed E-state index contributed by atoms with van der Waals surface area (Å²) in [5, 5.41) is 0. The van der Waals surface area contributed by atoms with Crippen LogP contribution in [0.4, 0.5) is 0 Å². The molecule has 0 atom stereocenters. The van der Waals surface area contributed by atoms with E-state index in [0.29, 0.717) is 0 Å². The fourth-order valence-electron chi connectivity index (χ4n) is 4.99. The molecule has 1 heteroatoms. The van der Waals surface area contributed by atoms with Gasteiger partial charge in [0.15, 0.2) is 0 Å². The normalized spacial score (nSPS) is 31.4. The highest BCUT2D eigenvalue weighted by Gasteiger charge is 2.30. The summed E-state index contributed by atoms with van der Waals surface area (Å²) in [6, 6.07) is 9.16. The largest absolute Gasteiger partial charge is 0.0745 e. The van der Waals surface area contributed by atoms with Gasteiger partial charge in [0.2, 0.25) is 0 Å². The molecule has 0 spiro atoms. The van der Waals surface area contributed by atoms with E-state index in [2.05, 4.69) is 58.2 Å². The predicted molar refractivity (Wildman–Crippen MR) is 108 cm³/mol. The van der Waals surface area contributed by atoms with Crippen molar-refractivity contribution in [3.63, 3.8) is 0 Å². The Balaban J connectivity index is 1.37. The molecule has 0 N–H and O–H groups in total. The van der Waals surface area contributed by atoms with Crippen LogP contribution in [0.3, 0.4) is 0 Å². The number of aryl methyl sites for hydroxylation is 2. The minimum atomic E-state index is 0.839. The van der Waals surface area contributed by atoms with Crippen molar-refractivity contribution in [3.05, 3.63) is 46.5 Å². The molecular weight excluding hydrogens is 356 g/mol. The zero-order chi connectivity index (χ0) is 16.8. The highest BCUT2D eigenvalue weighted by Crippen LogP contribution is 2.42. The zero-order valence-corrected chi connectivity index (χ0v) is 16.8. The van der Waals surface area contributed by atoms with E-state index in [1.165, 1.54) is 75.3 Å². The minimum absolute atomic E-state index is 0.839. The van der Waals surface area contributed by atoms with Crippen LogP contribution in [0, 0.1) is 30.6 Å². The lowest BCUT2D eigenvalue weighted by Gasteiger charge is -2.37. The van der Waals surface area contributed by atoms with Crippen molar-refractivity contribution in [3.8, 4) is 0 Å². The standard InChI is InChI=1S/C23H33Br/c1-18-2-4-19(5-3-18)6-7-20-8-12-22(13-9-20)23-14-10-21(11-15-23)16-17-24/h2-5,16-17,20-23H,6-15H2,1H3. The van der Waals surface area contributed by atoms with E-state index in [1.54, 1.807) is 0 Å². The number of halogens is 1. The smallest absolute Gasteiger partial charge is 0.0225 e. The lowest BCUT2D eigenvalue weighted by atomic mass is 9.68. The third-order valence-electron chi connectivity index (χ3n) is 6.68. The van der Waals surface area contributed by atoms with E-state index in [0.717, 1.165) is 23.7 Å². The Labute approximate surface area is 157 Å². The van der Waals surface area contributed by atoms with Crippen molar-refractivity contribution in [1.82, 2.24) is 0 Å². The van der Waals surface area contributed by atoms with Gasteiger partial charge in [0, 0.05) is 0 Å². The number of benzene rings is 1. The summed E-state index contributed by atoms with van der Waals surface area (Å²) in [7, 11) is 0. The van der Waals surface area contributed by atoms with Gasteiger partial charge in [-0.2, -0.15) is 0 Å². The van der Waals surface area contributed by atoms with E-state index < -0.39 is 0 Å². The quantitative estimate of drug-likeness (QED) is 0.491. The van der Waals surface area contributed by atoms with Crippen LogP contribution in [0.1, 0.15) is 68.9 Å². The molecule has 3 rings (SSSR count). The number of rotatable bonds is 5. The van der Waals surface area contributed by atoms with E-state index in [4.69, 9.17) is 0 Å². The fraction of sp³-hybridized carbons (Fsp3) is 0.652. The fourth-order valence-corrected chi connectivity index (χ4v) is 5.42. The van der Waals surface area contributed by atoms with Crippen LogP contribution in [0.2, 0.25) is 0 Å². The van der Waals surface area contributed by atoms with Crippen molar-refractivity contribution in [2.45, 2.75) is 71.1 Å². The predicted octanol–water partition coefficient (Wildman–Crippen LogP) is 7.45. The highest BCUT2D eigenvalue weighted by atomic mass is 79.9. The van der Waals surface area contributed by atoms with Crippen LogP contribution < -0.4 is 0 Å². The Morgan fingerprint density at radius 1 is 0.875 bits per heavy atom. The second-order valence-corrected chi connectivity index (χ2v) is 8.83. The summed E-state index contributed by atoms with van der Waals surface area (Å²) in [4.78, 5) is 2.07. The molecule has 0 heterocycles. The molecule has 1 aromatic rings. The summed E-state index contributed by atoms with van der Waals surface area (Å²) in [6.45, 7) is 2.18. The van der Waals surface area contributed by atoms with Crippen LogP contribution in [0.15, 0.2) is 35.3 Å². The average molecular weight is 389 g/mol. The highest BCUT2D eigenvalue weighted by molar-refractivity contribution is 9.11. The molecule has 132 valence electrons. The van der Waals surface area contributed by atoms with Gasteiger partial charge < -0.3 is 0 Å². The molecule has 0 saturated heterocycles. The first-order valence-electron chi connectivity index (χ1n) is 10.1. The molecule has 24 heavy (non-hydrogen) atoms. The van der Waals surface area contributed by atoms with Gasteiger partial charge in [-0.25, -0.2) is 0 Å². The maximum Gasteiger partial charge on any atom is -0.0225 e. The van der Waals surface area contributed by atoms with Gasteiger partial charge in [0.1, 0.15) is 0 Å². The molecule has 1 aromatic carbocycles. The summed E-state index contributed by atoms with van der Waals surface area (Å²) < 4.78 is 0. The first-order chi connectivity index (χ1) is 11.7. The van der Waals surface area contributed by atoms with Crippen LogP contribution in [0.25, 0.3) is 0 Å². The van der Waals surface area contributed by atoms with Crippen molar-refractivity contribution in [2.24, 2.45) is 23.7 Å². The SMILES string of the molecule is Cc1ccc(CCC2CCC(C3CCC(C=CBr)CC3)CC2)cc1. The van der Waals surface area contributed by atoms with Gasteiger partial charge in [-0.3, -0.25) is 0 Å². The number of allylic oxidation sites excluding steroid dienone is 1. The minimum Gasteiger partial charge on any atom is -0.0745 e. The van der Waals surface area contributed by atoms with Crippen molar-refractivity contribution >= 4 is 15.9 Å². The molecule has 0 radical (unpaired) electrons. The van der Waals surface area contributed by atoms with Crippen molar-refractivity contribution in [1.29, 1.82) is 0 Å². The van der Waals surface area contributed by atoms with Crippen molar-refractivity contribution < 1.29 is 0 Å². The second kappa shape index (κ2) is 9.22. The second-order valence-electron chi connectivity index (χ2n) is 8.30.